The van der Waals surface area contributed by atoms with E-state index in [0.717, 1.165) is 5.56 Å². The Hall–Kier alpha value is -3.12. The maximum atomic E-state index is 11.4. The number of amides is 1. The smallest absolute Gasteiger partial charge is 0.337 e. The van der Waals surface area contributed by atoms with E-state index in [1.54, 1.807) is 54.6 Å². The maximum Gasteiger partial charge on any atom is 0.337 e. The van der Waals surface area contributed by atoms with Gasteiger partial charge >= 0.3 is 5.97 Å². The predicted molar refractivity (Wildman–Crippen MR) is 99.1 cm³/mol. The molecule has 2 N–H and O–H groups in total. The molecule has 0 fully saturated rings. The summed E-state index contributed by atoms with van der Waals surface area (Å²) < 4.78 is 10.3. The normalized spacial score (nSPS) is 11.0. The van der Waals surface area contributed by atoms with Crippen molar-refractivity contribution in [3.63, 3.8) is 0 Å². The topological polar surface area (TPSA) is 84.9 Å². The summed E-state index contributed by atoms with van der Waals surface area (Å²) in [6, 6.07) is 13.8. The van der Waals surface area contributed by atoms with Crippen molar-refractivity contribution < 1.29 is 24.2 Å². The molecular formula is C20H21NO5. The van der Waals surface area contributed by atoms with Gasteiger partial charge in [0.05, 0.1) is 19.3 Å². The molecule has 6 heteroatoms. The molecule has 0 saturated carbocycles. The van der Waals surface area contributed by atoms with E-state index >= 15 is 0 Å². The molecule has 0 heterocycles. The number of anilines is 1. The minimum atomic E-state index is -0.394. The minimum Gasteiger partial charge on any atom is -0.489 e. The molecule has 0 radical (unpaired) electrons. The first kappa shape index (κ1) is 19.2. The third-order valence-corrected chi connectivity index (χ3v) is 3.50. The van der Waals surface area contributed by atoms with Gasteiger partial charge in [-0.2, -0.15) is 0 Å². The van der Waals surface area contributed by atoms with Gasteiger partial charge < -0.3 is 19.9 Å². The maximum absolute atomic E-state index is 11.4. The number of rotatable bonds is 7. The van der Waals surface area contributed by atoms with E-state index in [2.05, 4.69) is 10.1 Å². The largest absolute Gasteiger partial charge is 0.489 e. The van der Waals surface area contributed by atoms with Crippen LogP contribution in [0, 0.1) is 0 Å². The van der Waals surface area contributed by atoms with Crippen molar-refractivity contribution in [3.8, 4) is 5.75 Å². The molecule has 0 aromatic heterocycles. The molecule has 2 rings (SSSR count). The lowest BCUT2D eigenvalue weighted by Crippen LogP contribution is -2.06. The van der Waals surface area contributed by atoms with E-state index in [1.165, 1.54) is 14.0 Å². The molecule has 6 nitrogen and oxygen atoms in total. The van der Waals surface area contributed by atoms with E-state index < -0.39 is 5.97 Å². The van der Waals surface area contributed by atoms with Gasteiger partial charge in [-0.1, -0.05) is 18.2 Å². The molecule has 0 atom stereocenters. The highest BCUT2D eigenvalue weighted by Crippen LogP contribution is 2.17. The fourth-order valence-electron chi connectivity index (χ4n) is 2.22. The number of methoxy groups -OCH3 is 1. The van der Waals surface area contributed by atoms with E-state index in [9.17, 15) is 14.7 Å². The van der Waals surface area contributed by atoms with Gasteiger partial charge in [-0.15, -0.1) is 0 Å². The van der Waals surface area contributed by atoms with Gasteiger partial charge in [0.2, 0.25) is 5.91 Å². The Kier molecular flexibility index (Phi) is 6.93. The Morgan fingerprint density at radius 3 is 2.27 bits per heavy atom. The number of esters is 1. The number of hydrogen-bond donors (Lipinski definition) is 2. The zero-order chi connectivity index (χ0) is 18.9. The summed E-state index contributed by atoms with van der Waals surface area (Å²) >= 11 is 0. The number of benzene rings is 2. The number of ether oxygens (including phenoxy) is 2. The van der Waals surface area contributed by atoms with Crippen LogP contribution in [0.3, 0.4) is 0 Å². The second kappa shape index (κ2) is 9.39. The molecule has 0 unspecified atom stereocenters. The van der Waals surface area contributed by atoms with Gasteiger partial charge in [-0.25, -0.2) is 4.79 Å². The van der Waals surface area contributed by atoms with Crippen molar-refractivity contribution in [2.75, 3.05) is 25.6 Å². The first-order chi connectivity index (χ1) is 12.5. The van der Waals surface area contributed by atoms with E-state index in [1.807, 2.05) is 0 Å². The third kappa shape index (κ3) is 5.75. The zero-order valence-corrected chi connectivity index (χ0v) is 14.7. The van der Waals surface area contributed by atoms with Gasteiger partial charge in [0.25, 0.3) is 0 Å². The van der Waals surface area contributed by atoms with Crippen LogP contribution in [0.2, 0.25) is 0 Å². The van der Waals surface area contributed by atoms with Crippen LogP contribution in [-0.4, -0.2) is 37.3 Å². The van der Waals surface area contributed by atoms with Gasteiger partial charge in [0.1, 0.15) is 12.4 Å². The van der Waals surface area contributed by atoms with Crippen LogP contribution < -0.4 is 10.1 Å². The SMILES string of the molecule is COC(=O)c1ccc(C=C(CO)COc2ccc(NC(C)=O)cc2)cc1. The Labute approximate surface area is 152 Å². The van der Waals surface area contributed by atoms with Gasteiger partial charge in [-0.05, 0) is 47.5 Å². The van der Waals surface area contributed by atoms with Crippen molar-refractivity contribution in [3.05, 3.63) is 65.2 Å². The number of hydrogen-bond acceptors (Lipinski definition) is 5. The second-order valence-electron chi connectivity index (χ2n) is 5.57. The van der Waals surface area contributed by atoms with Crippen LogP contribution in [0.5, 0.6) is 5.75 Å². The third-order valence-electron chi connectivity index (χ3n) is 3.50. The molecule has 0 aliphatic carbocycles. The standard InChI is InChI=1S/C20H21NO5/c1-14(23)21-18-7-9-19(10-8-18)26-13-16(12-22)11-15-3-5-17(6-4-15)20(24)25-2/h3-11,22H,12-13H2,1-2H3,(H,21,23). The quantitative estimate of drug-likeness (QED) is 0.746. The Bertz CT molecular complexity index is 779. The van der Waals surface area contributed by atoms with Gasteiger partial charge in [0.15, 0.2) is 0 Å². The van der Waals surface area contributed by atoms with Crippen molar-refractivity contribution in [2.45, 2.75) is 6.92 Å². The van der Waals surface area contributed by atoms with Crippen molar-refractivity contribution >= 4 is 23.6 Å². The molecule has 0 spiro atoms. The fraction of sp³-hybridized carbons (Fsp3) is 0.200. The van der Waals surface area contributed by atoms with Crippen molar-refractivity contribution in [1.82, 2.24) is 0 Å². The van der Waals surface area contributed by atoms with Crippen LogP contribution in [0.15, 0.2) is 54.1 Å². The zero-order valence-electron chi connectivity index (χ0n) is 14.7. The molecule has 0 saturated heterocycles. The lowest BCUT2D eigenvalue weighted by molar-refractivity contribution is -0.114. The first-order valence-corrected chi connectivity index (χ1v) is 8.01. The highest BCUT2D eigenvalue weighted by atomic mass is 16.5. The van der Waals surface area contributed by atoms with Crippen molar-refractivity contribution in [1.29, 1.82) is 0 Å². The lowest BCUT2D eigenvalue weighted by Gasteiger charge is -2.09. The summed E-state index contributed by atoms with van der Waals surface area (Å²) in [5, 5.41) is 12.2. The van der Waals surface area contributed by atoms with E-state index in [0.29, 0.717) is 22.6 Å². The molecule has 136 valence electrons. The Balaban J connectivity index is 1.99. The second-order valence-corrected chi connectivity index (χ2v) is 5.57. The number of aliphatic hydroxyl groups excluding tert-OH is 1. The average molecular weight is 355 g/mol. The first-order valence-electron chi connectivity index (χ1n) is 8.01. The Morgan fingerprint density at radius 2 is 1.73 bits per heavy atom. The summed E-state index contributed by atoms with van der Waals surface area (Å²) in [6.07, 6.45) is 1.80. The number of carbonyl (C=O) groups is 2. The van der Waals surface area contributed by atoms with E-state index in [-0.39, 0.29) is 19.1 Å². The van der Waals surface area contributed by atoms with E-state index in [4.69, 9.17) is 4.74 Å². The molecule has 0 aliphatic rings. The monoisotopic (exact) mass is 355 g/mol. The summed E-state index contributed by atoms with van der Waals surface area (Å²) in [4.78, 5) is 22.4. The van der Waals surface area contributed by atoms with Crippen molar-refractivity contribution in [2.24, 2.45) is 0 Å². The molecule has 1 amide bonds. The predicted octanol–water partition coefficient (Wildman–Crippen LogP) is 2.89. The summed E-state index contributed by atoms with van der Waals surface area (Å²) in [6.45, 7) is 1.51. The molecule has 0 bridgehead atoms. The van der Waals surface area contributed by atoms with Gasteiger partial charge in [-0.3, -0.25) is 4.79 Å². The van der Waals surface area contributed by atoms with Crippen LogP contribution in [-0.2, 0) is 9.53 Å². The average Bonchev–Trinajstić information content (AvgIpc) is 2.65. The molecule has 26 heavy (non-hydrogen) atoms. The van der Waals surface area contributed by atoms with Crippen LogP contribution in [0.25, 0.3) is 6.08 Å². The van der Waals surface area contributed by atoms with Crippen LogP contribution in [0.1, 0.15) is 22.8 Å². The molecular weight excluding hydrogens is 334 g/mol. The Morgan fingerprint density at radius 1 is 1.08 bits per heavy atom. The summed E-state index contributed by atoms with van der Waals surface area (Å²) in [7, 11) is 1.33. The molecule has 0 aliphatic heterocycles. The van der Waals surface area contributed by atoms with Crippen LogP contribution >= 0.6 is 0 Å². The number of aliphatic hydroxyl groups is 1. The minimum absolute atomic E-state index is 0.137. The van der Waals surface area contributed by atoms with Gasteiger partial charge in [0, 0.05) is 12.6 Å². The fourth-order valence-corrected chi connectivity index (χ4v) is 2.22. The van der Waals surface area contributed by atoms with Crippen LogP contribution in [0.4, 0.5) is 5.69 Å². The number of carbonyl (C=O) groups excluding carboxylic acids is 2. The highest BCUT2D eigenvalue weighted by Gasteiger charge is 2.05. The molecule has 2 aromatic rings. The number of nitrogens with one attached hydrogen (secondary N) is 1. The lowest BCUT2D eigenvalue weighted by atomic mass is 10.1. The highest BCUT2D eigenvalue weighted by molar-refractivity contribution is 5.89. The molecule has 2 aromatic carbocycles. The summed E-state index contributed by atoms with van der Waals surface area (Å²) in [5.74, 6) is 0.0934. The summed E-state index contributed by atoms with van der Waals surface area (Å²) in [5.41, 5.74) is 2.67.